The van der Waals surface area contributed by atoms with Crippen molar-refractivity contribution in [1.82, 2.24) is 9.97 Å². The number of hydrogen-bond acceptors (Lipinski definition) is 4. The van der Waals surface area contributed by atoms with Crippen molar-refractivity contribution in [3.8, 4) is 22.6 Å². The van der Waals surface area contributed by atoms with Crippen LogP contribution in [0.15, 0.2) is 63.3 Å². The monoisotopic (exact) mass is 356 g/mol. The maximum absolute atomic E-state index is 5.62. The van der Waals surface area contributed by atoms with Crippen LogP contribution in [0.4, 0.5) is 0 Å². The van der Waals surface area contributed by atoms with Crippen molar-refractivity contribution in [1.29, 1.82) is 0 Å². The van der Waals surface area contributed by atoms with Crippen molar-refractivity contribution in [2.24, 2.45) is 0 Å². The third-order valence-corrected chi connectivity index (χ3v) is 4.71. The SMILES string of the molecule is Brc1nc2ccc(-c3ocnc3-c3ccccc3)cc2s1. The molecule has 2 aromatic carbocycles. The van der Waals surface area contributed by atoms with E-state index in [2.05, 4.69) is 32.0 Å². The molecule has 0 saturated carbocycles. The first kappa shape index (κ1) is 12.7. The van der Waals surface area contributed by atoms with Crippen LogP contribution in [0, 0.1) is 0 Å². The van der Waals surface area contributed by atoms with E-state index in [-0.39, 0.29) is 0 Å². The number of aromatic nitrogens is 2. The number of hydrogen-bond donors (Lipinski definition) is 0. The highest BCUT2D eigenvalue weighted by molar-refractivity contribution is 9.11. The van der Waals surface area contributed by atoms with E-state index in [1.165, 1.54) is 6.39 Å². The Kier molecular flexibility index (Phi) is 3.09. The molecule has 4 rings (SSSR count). The molecule has 0 unspecified atom stereocenters. The Morgan fingerprint density at radius 3 is 2.71 bits per heavy atom. The first-order valence-electron chi connectivity index (χ1n) is 6.36. The molecule has 2 heterocycles. The fourth-order valence-electron chi connectivity index (χ4n) is 2.29. The van der Waals surface area contributed by atoms with Gasteiger partial charge in [-0.25, -0.2) is 9.97 Å². The summed E-state index contributed by atoms with van der Waals surface area (Å²) in [5, 5.41) is 0. The second kappa shape index (κ2) is 5.09. The number of nitrogens with zero attached hydrogens (tertiary/aromatic N) is 2. The Balaban J connectivity index is 1.87. The first-order chi connectivity index (χ1) is 10.3. The molecular formula is C16H9BrN2OS. The average molecular weight is 357 g/mol. The first-order valence-corrected chi connectivity index (χ1v) is 7.97. The molecular weight excluding hydrogens is 348 g/mol. The van der Waals surface area contributed by atoms with Crippen LogP contribution in [-0.4, -0.2) is 9.97 Å². The average Bonchev–Trinajstić information content (AvgIpc) is 3.12. The van der Waals surface area contributed by atoms with E-state index in [1.807, 2.05) is 42.5 Å². The van der Waals surface area contributed by atoms with Crippen molar-refractivity contribution < 1.29 is 4.42 Å². The Morgan fingerprint density at radius 1 is 1.00 bits per heavy atom. The third kappa shape index (κ3) is 2.28. The fourth-order valence-corrected chi connectivity index (χ4v) is 3.73. The molecule has 0 aliphatic rings. The maximum atomic E-state index is 5.62. The molecule has 0 atom stereocenters. The lowest BCUT2D eigenvalue weighted by molar-refractivity contribution is 0.572. The molecule has 0 aliphatic carbocycles. The summed E-state index contributed by atoms with van der Waals surface area (Å²) in [4.78, 5) is 8.77. The van der Waals surface area contributed by atoms with Gasteiger partial charge in [0.2, 0.25) is 0 Å². The highest BCUT2D eigenvalue weighted by atomic mass is 79.9. The molecule has 4 aromatic rings. The van der Waals surface area contributed by atoms with E-state index in [9.17, 15) is 0 Å². The van der Waals surface area contributed by atoms with Gasteiger partial charge in [-0.3, -0.25) is 0 Å². The fraction of sp³-hybridized carbons (Fsp3) is 0. The third-order valence-electron chi connectivity index (χ3n) is 3.24. The molecule has 0 aliphatic heterocycles. The summed E-state index contributed by atoms with van der Waals surface area (Å²) in [5.41, 5.74) is 3.90. The van der Waals surface area contributed by atoms with Gasteiger partial charge in [-0.05, 0) is 34.1 Å². The van der Waals surface area contributed by atoms with Gasteiger partial charge in [0.25, 0.3) is 0 Å². The summed E-state index contributed by atoms with van der Waals surface area (Å²) >= 11 is 5.03. The molecule has 21 heavy (non-hydrogen) atoms. The Labute approximate surface area is 133 Å². The van der Waals surface area contributed by atoms with Crippen LogP contribution in [0.5, 0.6) is 0 Å². The molecule has 0 N–H and O–H groups in total. The van der Waals surface area contributed by atoms with Gasteiger partial charge in [-0.1, -0.05) is 30.3 Å². The number of fused-ring (bicyclic) bond motifs is 1. The second-order valence-corrected chi connectivity index (χ2v) is 6.85. The minimum absolute atomic E-state index is 0.785. The highest BCUT2D eigenvalue weighted by Gasteiger charge is 2.14. The minimum Gasteiger partial charge on any atom is -0.443 e. The zero-order chi connectivity index (χ0) is 14.2. The Bertz CT molecular complexity index is 914. The number of benzene rings is 2. The lowest BCUT2D eigenvalue weighted by atomic mass is 10.1. The van der Waals surface area contributed by atoms with Crippen molar-refractivity contribution in [3.05, 3.63) is 58.8 Å². The zero-order valence-corrected chi connectivity index (χ0v) is 13.2. The van der Waals surface area contributed by atoms with Crippen LogP contribution >= 0.6 is 27.3 Å². The van der Waals surface area contributed by atoms with Gasteiger partial charge in [0.05, 0.1) is 10.2 Å². The van der Waals surface area contributed by atoms with Crippen molar-refractivity contribution in [2.75, 3.05) is 0 Å². The molecule has 3 nitrogen and oxygen atoms in total. The van der Waals surface area contributed by atoms with Gasteiger partial charge in [-0.15, -0.1) is 11.3 Å². The van der Waals surface area contributed by atoms with Gasteiger partial charge in [0.1, 0.15) is 5.69 Å². The summed E-state index contributed by atoms with van der Waals surface area (Å²) in [5.74, 6) is 0.785. The zero-order valence-electron chi connectivity index (χ0n) is 10.8. The van der Waals surface area contributed by atoms with Crippen LogP contribution in [0.3, 0.4) is 0 Å². The molecule has 0 spiro atoms. The largest absolute Gasteiger partial charge is 0.443 e. The van der Waals surface area contributed by atoms with Crippen LogP contribution < -0.4 is 0 Å². The van der Waals surface area contributed by atoms with Crippen molar-refractivity contribution >= 4 is 37.5 Å². The van der Waals surface area contributed by atoms with Gasteiger partial charge in [0, 0.05) is 11.1 Å². The normalized spacial score (nSPS) is 11.1. The van der Waals surface area contributed by atoms with E-state index in [0.29, 0.717) is 0 Å². The standard InChI is InChI=1S/C16H9BrN2OS/c17-16-19-12-7-6-11(8-13(12)21-16)15-14(18-9-20-15)10-4-2-1-3-5-10/h1-9H. The smallest absolute Gasteiger partial charge is 0.182 e. The quantitative estimate of drug-likeness (QED) is 0.483. The molecule has 0 saturated heterocycles. The van der Waals surface area contributed by atoms with E-state index in [1.54, 1.807) is 11.3 Å². The summed E-state index contributed by atoms with van der Waals surface area (Å²) in [6.07, 6.45) is 1.49. The number of oxazole rings is 1. The lowest BCUT2D eigenvalue weighted by Gasteiger charge is -2.01. The van der Waals surface area contributed by atoms with Crippen LogP contribution in [0.2, 0.25) is 0 Å². The van der Waals surface area contributed by atoms with E-state index in [4.69, 9.17) is 4.42 Å². The summed E-state index contributed by atoms with van der Waals surface area (Å²) in [6, 6.07) is 16.2. The van der Waals surface area contributed by atoms with Crippen LogP contribution in [0.1, 0.15) is 0 Å². The van der Waals surface area contributed by atoms with Crippen LogP contribution in [-0.2, 0) is 0 Å². The van der Waals surface area contributed by atoms with Crippen molar-refractivity contribution in [3.63, 3.8) is 0 Å². The van der Waals surface area contributed by atoms with Gasteiger partial charge in [0.15, 0.2) is 16.1 Å². The van der Waals surface area contributed by atoms with Gasteiger partial charge >= 0.3 is 0 Å². The molecule has 0 amide bonds. The lowest BCUT2D eigenvalue weighted by Crippen LogP contribution is -1.82. The maximum Gasteiger partial charge on any atom is 0.182 e. The summed E-state index contributed by atoms with van der Waals surface area (Å²) in [7, 11) is 0. The van der Waals surface area contributed by atoms with E-state index in [0.717, 1.165) is 36.7 Å². The summed E-state index contributed by atoms with van der Waals surface area (Å²) < 4.78 is 7.63. The molecule has 0 radical (unpaired) electrons. The number of halogens is 1. The predicted molar refractivity (Wildman–Crippen MR) is 88.3 cm³/mol. The Hall–Kier alpha value is -1.98. The molecule has 0 bridgehead atoms. The molecule has 0 fully saturated rings. The van der Waals surface area contributed by atoms with E-state index < -0.39 is 0 Å². The van der Waals surface area contributed by atoms with Gasteiger partial charge in [-0.2, -0.15) is 0 Å². The topological polar surface area (TPSA) is 38.9 Å². The molecule has 102 valence electrons. The van der Waals surface area contributed by atoms with E-state index >= 15 is 0 Å². The van der Waals surface area contributed by atoms with Crippen molar-refractivity contribution in [2.45, 2.75) is 0 Å². The van der Waals surface area contributed by atoms with Crippen LogP contribution in [0.25, 0.3) is 32.8 Å². The Morgan fingerprint density at radius 2 is 1.86 bits per heavy atom. The number of rotatable bonds is 2. The molecule has 2 aromatic heterocycles. The second-order valence-electron chi connectivity index (χ2n) is 4.55. The highest BCUT2D eigenvalue weighted by Crippen LogP contribution is 2.34. The minimum atomic E-state index is 0.785. The number of thiazole rings is 1. The molecule has 5 heteroatoms. The summed E-state index contributed by atoms with van der Waals surface area (Å²) in [6.45, 7) is 0. The predicted octanol–water partition coefficient (Wildman–Crippen LogP) is 5.38. The van der Waals surface area contributed by atoms with Gasteiger partial charge < -0.3 is 4.42 Å².